The number of Topliss-reactive ketones (excluding diaryl/α,β-unsaturated/α-hetero) is 1. The Morgan fingerprint density at radius 3 is 2.75 bits per heavy atom. The van der Waals surface area contributed by atoms with Crippen LogP contribution < -0.4 is 4.74 Å². The molecule has 0 saturated carbocycles. The number of rotatable bonds is 2. The summed E-state index contributed by atoms with van der Waals surface area (Å²) in [5, 5.41) is 6.46. The van der Waals surface area contributed by atoms with Crippen LogP contribution >= 0.6 is 0 Å². The predicted octanol–water partition coefficient (Wildman–Crippen LogP) is 3.79. The van der Waals surface area contributed by atoms with Crippen molar-refractivity contribution in [2.45, 2.75) is 12.8 Å². The lowest BCUT2D eigenvalue weighted by Crippen LogP contribution is -2.14. The van der Waals surface area contributed by atoms with E-state index in [9.17, 15) is 4.79 Å². The molecule has 3 aromatic rings. The SMILES string of the molecule is COc1ccc2cc(C=C3CCc4c(cnn4C)C3=O)ccc2c1. The van der Waals surface area contributed by atoms with E-state index in [4.69, 9.17) is 4.74 Å². The summed E-state index contributed by atoms with van der Waals surface area (Å²) >= 11 is 0. The molecule has 0 saturated heterocycles. The highest BCUT2D eigenvalue weighted by Crippen LogP contribution is 2.28. The Kier molecular flexibility index (Phi) is 3.45. The molecule has 0 bridgehead atoms. The zero-order chi connectivity index (χ0) is 16.7. The largest absolute Gasteiger partial charge is 0.497 e. The van der Waals surface area contributed by atoms with Crippen LogP contribution in [0.25, 0.3) is 16.8 Å². The van der Waals surface area contributed by atoms with E-state index in [-0.39, 0.29) is 5.78 Å². The first-order chi connectivity index (χ1) is 11.7. The first-order valence-corrected chi connectivity index (χ1v) is 7.99. The summed E-state index contributed by atoms with van der Waals surface area (Å²) in [6.07, 6.45) is 5.29. The molecule has 1 aromatic heterocycles. The number of aromatic nitrogens is 2. The number of fused-ring (bicyclic) bond motifs is 2. The van der Waals surface area contributed by atoms with Crippen molar-refractivity contribution in [3.63, 3.8) is 0 Å². The van der Waals surface area contributed by atoms with Crippen LogP contribution in [0.5, 0.6) is 5.75 Å². The molecule has 2 aromatic carbocycles. The number of aryl methyl sites for hydroxylation is 1. The Hall–Kier alpha value is -2.88. The number of benzene rings is 2. The third kappa shape index (κ3) is 2.40. The molecule has 120 valence electrons. The van der Waals surface area contributed by atoms with E-state index in [0.29, 0.717) is 0 Å². The van der Waals surface area contributed by atoms with Crippen LogP contribution in [0.15, 0.2) is 48.2 Å². The lowest BCUT2D eigenvalue weighted by molar-refractivity contribution is 0.102. The van der Waals surface area contributed by atoms with Crippen LogP contribution in [0.1, 0.15) is 28.0 Å². The van der Waals surface area contributed by atoms with Crippen molar-refractivity contribution < 1.29 is 9.53 Å². The van der Waals surface area contributed by atoms with Crippen molar-refractivity contribution in [1.82, 2.24) is 9.78 Å². The van der Waals surface area contributed by atoms with Gasteiger partial charge in [-0.3, -0.25) is 9.48 Å². The summed E-state index contributed by atoms with van der Waals surface area (Å²) in [5.74, 6) is 0.944. The molecule has 0 N–H and O–H groups in total. The maximum Gasteiger partial charge on any atom is 0.192 e. The lowest BCUT2D eigenvalue weighted by Gasteiger charge is -2.14. The summed E-state index contributed by atoms with van der Waals surface area (Å²) in [7, 11) is 3.56. The Bertz CT molecular complexity index is 982. The fraction of sp³-hybridized carbons (Fsp3) is 0.200. The van der Waals surface area contributed by atoms with E-state index >= 15 is 0 Å². The van der Waals surface area contributed by atoms with E-state index in [0.717, 1.165) is 51.8 Å². The van der Waals surface area contributed by atoms with Gasteiger partial charge in [-0.25, -0.2) is 0 Å². The number of methoxy groups -OCH3 is 1. The summed E-state index contributed by atoms with van der Waals surface area (Å²) in [6.45, 7) is 0. The van der Waals surface area contributed by atoms with Gasteiger partial charge in [-0.15, -0.1) is 0 Å². The second kappa shape index (κ2) is 5.64. The number of hydrogen-bond acceptors (Lipinski definition) is 3. The highest BCUT2D eigenvalue weighted by atomic mass is 16.5. The smallest absolute Gasteiger partial charge is 0.192 e. The van der Waals surface area contributed by atoms with E-state index in [1.54, 1.807) is 18.0 Å². The Morgan fingerprint density at radius 1 is 1.12 bits per heavy atom. The molecule has 24 heavy (non-hydrogen) atoms. The lowest BCUT2D eigenvalue weighted by atomic mass is 9.90. The topological polar surface area (TPSA) is 44.1 Å². The van der Waals surface area contributed by atoms with Crippen molar-refractivity contribution in [2.24, 2.45) is 7.05 Å². The molecular formula is C20H18N2O2. The third-order valence-corrected chi connectivity index (χ3v) is 4.64. The average Bonchev–Trinajstić information content (AvgIpc) is 2.98. The fourth-order valence-corrected chi connectivity index (χ4v) is 3.29. The summed E-state index contributed by atoms with van der Waals surface area (Å²) in [6, 6.07) is 12.2. The van der Waals surface area contributed by atoms with Gasteiger partial charge in [-0.05, 0) is 53.5 Å². The van der Waals surface area contributed by atoms with Gasteiger partial charge in [0.15, 0.2) is 5.78 Å². The van der Waals surface area contributed by atoms with Crippen molar-refractivity contribution >= 4 is 22.6 Å². The zero-order valence-corrected chi connectivity index (χ0v) is 13.7. The van der Waals surface area contributed by atoms with Crippen LogP contribution in [-0.2, 0) is 13.5 Å². The summed E-state index contributed by atoms with van der Waals surface area (Å²) in [4.78, 5) is 12.6. The normalized spacial score (nSPS) is 15.8. The van der Waals surface area contributed by atoms with Crippen molar-refractivity contribution in [3.8, 4) is 5.75 Å². The van der Waals surface area contributed by atoms with E-state index < -0.39 is 0 Å². The van der Waals surface area contributed by atoms with Crippen molar-refractivity contribution in [2.75, 3.05) is 7.11 Å². The second-order valence-electron chi connectivity index (χ2n) is 6.10. The Labute approximate surface area is 140 Å². The number of ketones is 1. The molecule has 0 aliphatic heterocycles. The molecule has 4 nitrogen and oxygen atoms in total. The van der Waals surface area contributed by atoms with Gasteiger partial charge in [0.1, 0.15) is 5.75 Å². The minimum Gasteiger partial charge on any atom is -0.497 e. The second-order valence-corrected chi connectivity index (χ2v) is 6.10. The van der Waals surface area contributed by atoms with Crippen LogP contribution in [0.2, 0.25) is 0 Å². The van der Waals surface area contributed by atoms with E-state index in [1.807, 2.05) is 37.4 Å². The molecule has 0 unspecified atom stereocenters. The zero-order valence-electron chi connectivity index (χ0n) is 13.7. The van der Waals surface area contributed by atoms with Gasteiger partial charge in [0.05, 0.1) is 18.9 Å². The molecule has 4 heteroatoms. The van der Waals surface area contributed by atoms with Crippen LogP contribution in [-0.4, -0.2) is 22.7 Å². The van der Waals surface area contributed by atoms with Crippen molar-refractivity contribution in [1.29, 1.82) is 0 Å². The molecule has 0 atom stereocenters. The number of nitrogens with zero attached hydrogens (tertiary/aromatic N) is 2. The molecule has 4 rings (SSSR count). The first kappa shape index (κ1) is 14.7. The molecule has 1 heterocycles. The average molecular weight is 318 g/mol. The van der Waals surface area contributed by atoms with Crippen LogP contribution in [0, 0.1) is 0 Å². The summed E-state index contributed by atoms with van der Waals surface area (Å²) in [5.41, 5.74) is 3.66. The number of ether oxygens (including phenoxy) is 1. The fourth-order valence-electron chi connectivity index (χ4n) is 3.29. The number of carbonyl (C=O) groups excluding carboxylic acids is 1. The molecule has 0 radical (unpaired) electrons. The Morgan fingerprint density at radius 2 is 1.92 bits per heavy atom. The highest BCUT2D eigenvalue weighted by Gasteiger charge is 2.24. The van der Waals surface area contributed by atoms with Gasteiger partial charge in [-0.1, -0.05) is 18.2 Å². The van der Waals surface area contributed by atoms with Gasteiger partial charge in [0, 0.05) is 18.3 Å². The Balaban J connectivity index is 1.71. The van der Waals surface area contributed by atoms with Gasteiger partial charge < -0.3 is 4.74 Å². The van der Waals surface area contributed by atoms with E-state index in [1.165, 1.54) is 0 Å². The molecular weight excluding hydrogens is 300 g/mol. The monoisotopic (exact) mass is 318 g/mol. The van der Waals surface area contributed by atoms with Crippen LogP contribution in [0.4, 0.5) is 0 Å². The van der Waals surface area contributed by atoms with Gasteiger partial charge >= 0.3 is 0 Å². The maximum absolute atomic E-state index is 12.6. The number of hydrogen-bond donors (Lipinski definition) is 0. The van der Waals surface area contributed by atoms with Gasteiger partial charge in [-0.2, -0.15) is 5.10 Å². The number of allylic oxidation sites excluding steroid dienone is 1. The maximum atomic E-state index is 12.6. The first-order valence-electron chi connectivity index (χ1n) is 7.99. The standard InChI is InChI=1S/C20H18N2O2/c1-22-19-8-6-16(20(23)18(19)12-21-22)10-13-3-4-15-11-17(24-2)7-5-14(15)9-13/h3-5,7,9-12H,6,8H2,1-2H3. The third-order valence-electron chi connectivity index (χ3n) is 4.64. The van der Waals surface area contributed by atoms with Gasteiger partial charge in [0.2, 0.25) is 0 Å². The van der Waals surface area contributed by atoms with Crippen LogP contribution in [0.3, 0.4) is 0 Å². The number of carbonyl (C=O) groups is 1. The minimum absolute atomic E-state index is 0.0965. The molecule has 0 amide bonds. The summed E-state index contributed by atoms with van der Waals surface area (Å²) < 4.78 is 7.06. The highest BCUT2D eigenvalue weighted by molar-refractivity contribution is 6.13. The molecule has 1 aliphatic rings. The van der Waals surface area contributed by atoms with Crippen molar-refractivity contribution in [3.05, 3.63) is 65.0 Å². The van der Waals surface area contributed by atoms with Gasteiger partial charge in [0.25, 0.3) is 0 Å². The predicted molar refractivity (Wildman–Crippen MR) is 94.3 cm³/mol. The molecule has 0 fully saturated rings. The molecule has 1 aliphatic carbocycles. The minimum atomic E-state index is 0.0965. The molecule has 0 spiro atoms. The quantitative estimate of drug-likeness (QED) is 0.675. The van der Waals surface area contributed by atoms with E-state index in [2.05, 4.69) is 17.2 Å².